The minimum Gasteiger partial charge on any atom is -0.478 e. The topological polar surface area (TPSA) is 122 Å². The van der Waals surface area contributed by atoms with Crippen LogP contribution < -0.4 is 11.1 Å². The molecule has 4 N–H and O–H groups in total. The van der Waals surface area contributed by atoms with E-state index in [1.165, 1.54) is 12.1 Å². The normalized spacial score (nSPS) is 18.1. The van der Waals surface area contributed by atoms with Crippen molar-refractivity contribution >= 4 is 23.7 Å². The zero-order valence-corrected chi connectivity index (χ0v) is 11.2. The lowest BCUT2D eigenvalue weighted by atomic mass is 9.97. The van der Waals surface area contributed by atoms with Crippen molar-refractivity contribution in [2.45, 2.75) is 19.3 Å². The molecule has 21 heavy (non-hydrogen) atoms. The second-order valence-electron chi connectivity index (χ2n) is 4.77. The number of hydrogen-bond donors (Lipinski definition) is 3. The number of carboxylic acids is 1. The number of amides is 2. The van der Waals surface area contributed by atoms with Crippen molar-refractivity contribution in [3.63, 3.8) is 0 Å². The zero-order valence-electron chi connectivity index (χ0n) is 11.2. The molecule has 1 aliphatic heterocycles. The first-order chi connectivity index (χ1) is 9.97. The van der Waals surface area contributed by atoms with Crippen LogP contribution >= 0.6 is 0 Å². The second kappa shape index (κ2) is 6.17. The van der Waals surface area contributed by atoms with E-state index in [1.807, 2.05) is 0 Å². The Bertz CT molecular complexity index is 607. The summed E-state index contributed by atoms with van der Waals surface area (Å²) in [5, 5.41) is 11.1. The fourth-order valence-corrected chi connectivity index (χ4v) is 2.13. The number of hydrogen-bond acceptors (Lipinski definition) is 4. The van der Waals surface area contributed by atoms with E-state index in [9.17, 15) is 14.4 Å². The van der Waals surface area contributed by atoms with Gasteiger partial charge in [-0.3, -0.25) is 14.9 Å². The average molecular weight is 289 g/mol. The van der Waals surface area contributed by atoms with E-state index >= 15 is 0 Å². The Morgan fingerprint density at radius 1 is 1.29 bits per heavy atom. The van der Waals surface area contributed by atoms with Gasteiger partial charge in [0.05, 0.1) is 5.56 Å². The van der Waals surface area contributed by atoms with E-state index in [4.69, 9.17) is 10.8 Å². The SMILES string of the molecule is NC1=NC(=O)C(CCCc2ccc(C(=O)O)cc2)C(=O)N1. The number of nitrogens with one attached hydrogen (secondary N) is 1. The van der Waals surface area contributed by atoms with Gasteiger partial charge < -0.3 is 10.8 Å². The van der Waals surface area contributed by atoms with Gasteiger partial charge in [-0.25, -0.2) is 4.79 Å². The molecule has 0 radical (unpaired) electrons. The van der Waals surface area contributed by atoms with Crippen LogP contribution in [-0.4, -0.2) is 28.8 Å². The van der Waals surface area contributed by atoms with Crippen molar-refractivity contribution in [2.24, 2.45) is 16.6 Å². The maximum absolute atomic E-state index is 11.6. The Hall–Kier alpha value is -2.70. The molecule has 7 heteroatoms. The summed E-state index contributed by atoms with van der Waals surface area (Å²) in [5.74, 6) is -2.87. The van der Waals surface area contributed by atoms with Crippen molar-refractivity contribution in [3.8, 4) is 0 Å². The fourth-order valence-electron chi connectivity index (χ4n) is 2.13. The molecule has 0 spiro atoms. The average Bonchev–Trinajstić information content (AvgIpc) is 2.42. The van der Waals surface area contributed by atoms with Crippen LogP contribution in [0.15, 0.2) is 29.3 Å². The van der Waals surface area contributed by atoms with Gasteiger partial charge in [0.1, 0.15) is 5.92 Å². The van der Waals surface area contributed by atoms with Crippen LogP contribution in [0.3, 0.4) is 0 Å². The van der Waals surface area contributed by atoms with Crippen LogP contribution in [0.25, 0.3) is 0 Å². The number of carbonyl (C=O) groups is 3. The number of guanidine groups is 1. The molecule has 0 saturated heterocycles. The Morgan fingerprint density at radius 3 is 2.52 bits per heavy atom. The predicted molar refractivity (Wildman–Crippen MR) is 74.6 cm³/mol. The maximum atomic E-state index is 11.6. The van der Waals surface area contributed by atoms with Crippen LogP contribution in [0.2, 0.25) is 0 Å². The number of carbonyl (C=O) groups excluding carboxylic acids is 2. The van der Waals surface area contributed by atoms with Gasteiger partial charge in [0.15, 0.2) is 0 Å². The number of carboxylic acid groups (broad SMARTS) is 1. The van der Waals surface area contributed by atoms with Crippen molar-refractivity contribution in [1.82, 2.24) is 5.32 Å². The summed E-state index contributed by atoms with van der Waals surface area (Å²) in [6.07, 6.45) is 1.64. The predicted octanol–water partition coefficient (Wildman–Crippen LogP) is 0.295. The summed E-state index contributed by atoms with van der Waals surface area (Å²) < 4.78 is 0. The lowest BCUT2D eigenvalue weighted by Gasteiger charge is -2.17. The molecule has 2 amide bonds. The molecular weight excluding hydrogens is 274 g/mol. The Kier molecular flexibility index (Phi) is 4.32. The molecule has 0 saturated carbocycles. The Labute approximate surface area is 120 Å². The number of aliphatic imine (C=N–C) groups is 1. The first kappa shape index (κ1) is 14.7. The fraction of sp³-hybridized carbons (Fsp3) is 0.286. The van der Waals surface area contributed by atoms with Crippen LogP contribution in [-0.2, 0) is 16.0 Å². The highest BCUT2D eigenvalue weighted by Gasteiger charge is 2.30. The molecule has 110 valence electrons. The van der Waals surface area contributed by atoms with Gasteiger partial charge in [-0.2, -0.15) is 4.99 Å². The molecule has 1 aromatic carbocycles. The third-order valence-corrected chi connectivity index (χ3v) is 3.26. The third kappa shape index (κ3) is 3.65. The van der Waals surface area contributed by atoms with E-state index in [0.29, 0.717) is 19.3 Å². The zero-order chi connectivity index (χ0) is 15.4. The number of rotatable bonds is 5. The van der Waals surface area contributed by atoms with Crippen LogP contribution in [0.5, 0.6) is 0 Å². The molecule has 7 nitrogen and oxygen atoms in total. The quantitative estimate of drug-likeness (QED) is 0.673. The molecule has 1 aromatic rings. The Balaban J connectivity index is 1.88. The van der Waals surface area contributed by atoms with Gasteiger partial charge in [0.2, 0.25) is 11.9 Å². The van der Waals surface area contributed by atoms with Gasteiger partial charge >= 0.3 is 5.97 Å². The van der Waals surface area contributed by atoms with E-state index in [1.54, 1.807) is 12.1 Å². The van der Waals surface area contributed by atoms with Gasteiger partial charge in [0.25, 0.3) is 5.91 Å². The molecule has 1 heterocycles. The first-order valence-corrected chi connectivity index (χ1v) is 6.48. The van der Waals surface area contributed by atoms with Crippen LogP contribution in [0.4, 0.5) is 0 Å². The smallest absolute Gasteiger partial charge is 0.335 e. The molecular formula is C14H15N3O4. The maximum Gasteiger partial charge on any atom is 0.335 e. The molecule has 0 fully saturated rings. The minimum absolute atomic E-state index is 0.162. The monoisotopic (exact) mass is 289 g/mol. The molecule has 0 bridgehead atoms. The van der Waals surface area contributed by atoms with Crippen molar-refractivity contribution in [2.75, 3.05) is 0 Å². The van der Waals surface area contributed by atoms with Crippen LogP contribution in [0.1, 0.15) is 28.8 Å². The molecule has 1 atom stereocenters. The van der Waals surface area contributed by atoms with Crippen molar-refractivity contribution in [1.29, 1.82) is 0 Å². The van der Waals surface area contributed by atoms with Crippen molar-refractivity contribution in [3.05, 3.63) is 35.4 Å². The van der Waals surface area contributed by atoms with Crippen LogP contribution in [0, 0.1) is 5.92 Å². The molecule has 1 unspecified atom stereocenters. The summed E-state index contributed by atoms with van der Waals surface area (Å²) in [6, 6.07) is 6.51. The number of benzene rings is 1. The van der Waals surface area contributed by atoms with Crippen molar-refractivity contribution < 1.29 is 19.5 Å². The van der Waals surface area contributed by atoms with Gasteiger partial charge in [-0.05, 0) is 37.0 Å². The molecule has 0 aromatic heterocycles. The second-order valence-corrected chi connectivity index (χ2v) is 4.77. The summed E-state index contributed by atoms with van der Waals surface area (Å²) in [4.78, 5) is 37.5. The summed E-state index contributed by atoms with van der Waals surface area (Å²) in [5.41, 5.74) is 6.46. The largest absolute Gasteiger partial charge is 0.478 e. The summed E-state index contributed by atoms with van der Waals surface area (Å²) >= 11 is 0. The summed E-state index contributed by atoms with van der Waals surface area (Å²) in [7, 11) is 0. The van der Waals surface area contributed by atoms with Gasteiger partial charge in [-0.15, -0.1) is 0 Å². The number of nitrogens with zero attached hydrogens (tertiary/aromatic N) is 1. The standard InChI is InChI=1S/C14H15N3O4/c15-14-16-11(18)10(12(19)17-14)3-1-2-8-4-6-9(7-5-8)13(20)21/h4-7,10H,1-3H2,(H,20,21)(H3,15,16,17,18,19). The lowest BCUT2D eigenvalue weighted by molar-refractivity contribution is -0.133. The highest BCUT2D eigenvalue weighted by Crippen LogP contribution is 2.15. The Morgan fingerprint density at radius 2 is 1.95 bits per heavy atom. The number of aryl methyl sites for hydroxylation is 1. The highest BCUT2D eigenvalue weighted by molar-refractivity contribution is 6.14. The lowest BCUT2D eigenvalue weighted by Crippen LogP contribution is -2.47. The molecule has 0 aliphatic carbocycles. The van der Waals surface area contributed by atoms with Gasteiger partial charge in [0, 0.05) is 0 Å². The number of aromatic carboxylic acids is 1. The third-order valence-electron chi connectivity index (χ3n) is 3.26. The molecule has 2 rings (SSSR count). The van der Waals surface area contributed by atoms with E-state index < -0.39 is 23.7 Å². The highest BCUT2D eigenvalue weighted by atomic mass is 16.4. The number of nitrogens with two attached hydrogens (primary N) is 1. The van der Waals surface area contributed by atoms with E-state index in [0.717, 1.165) is 5.56 Å². The first-order valence-electron chi connectivity index (χ1n) is 6.48. The minimum atomic E-state index is -0.971. The van der Waals surface area contributed by atoms with E-state index in [2.05, 4.69) is 10.3 Å². The molecule has 1 aliphatic rings. The summed E-state index contributed by atoms with van der Waals surface area (Å²) in [6.45, 7) is 0. The van der Waals surface area contributed by atoms with E-state index in [-0.39, 0.29) is 11.5 Å². The van der Waals surface area contributed by atoms with Gasteiger partial charge in [-0.1, -0.05) is 12.1 Å².